The Morgan fingerprint density at radius 2 is 1.96 bits per heavy atom. The maximum absolute atomic E-state index is 11.3. The van der Waals surface area contributed by atoms with Gasteiger partial charge >= 0.3 is 5.97 Å². The average Bonchev–Trinajstić information content (AvgIpc) is 2.49. The third-order valence-electron chi connectivity index (χ3n) is 3.21. The van der Waals surface area contributed by atoms with Crippen molar-refractivity contribution in [3.8, 4) is 0 Å². The van der Waals surface area contributed by atoms with Gasteiger partial charge in [0.25, 0.3) is 11.4 Å². The minimum absolute atomic E-state index is 0.000779. The molecule has 0 bridgehead atoms. The number of hydrogen-bond acceptors (Lipinski definition) is 7. The Balaban J connectivity index is 2.89. The summed E-state index contributed by atoms with van der Waals surface area (Å²) in [7, 11) is 0. The van der Waals surface area contributed by atoms with E-state index < -0.39 is 33.2 Å². The molecular weight excluding hydrogens is 322 g/mol. The SMILES string of the molecule is N=C(N)CCCCC(Nc1ccc([N+](=O)[O-])cc1[N+](=O)[O-])C(=O)O. The quantitative estimate of drug-likeness (QED) is 0.163. The summed E-state index contributed by atoms with van der Waals surface area (Å²) in [6.07, 6.45) is 1.47. The molecule has 130 valence electrons. The largest absolute Gasteiger partial charge is 0.480 e. The number of nitro groups is 2. The minimum Gasteiger partial charge on any atom is -0.480 e. The molecule has 0 radical (unpaired) electrons. The molecule has 0 saturated carbocycles. The number of benzene rings is 1. The van der Waals surface area contributed by atoms with Gasteiger partial charge in [-0.1, -0.05) is 6.42 Å². The molecule has 1 aromatic carbocycles. The molecule has 11 nitrogen and oxygen atoms in total. The molecule has 5 N–H and O–H groups in total. The third kappa shape index (κ3) is 5.51. The van der Waals surface area contributed by atoms with Crippen molar-refractivity contribution in [3.63, 3.8) is 0 Å². The summed E-state index contributed by atoms with van der Waals surface area (Å²) in [5, 5.41) is 40.6. The van der Waals surface area contributed by atoms with Crippen LogP contribution in [-0.2, 0) is 4.79 Å². The highest BCUT2D eigenvalue weighted by Gasteiger charge is 2.24. The molecule has 0 aromatic heterocycles. The van der Waals surface area contributed by atoms with Crippen LogP contribution in [0, 0.1) is 25.6 Å². The van der Waals surface area contributed by atoms with Crippen LogP contribution in [0.3, 0.4) is 0 Å². The predicted octanol–water partition coefficient (Wildman–Crippen LogP) is 1.86. The Bertz CT molecular complexity index is 662. The second-order valence-corrected chi connectivity index (χ2v) is 5.02. The van der Waals surface area contributed by atoms with Gasteiger partial charge in [-0.25, -0.2) is 4.79 Å². The standard InChI is InChI=1S/C13H17N5O6/c14-12(15)4-2-1-3-10(13(19)20)16-9-6-5-8(17(21)22)7-11(9)18(23)24/h5-7,10,16H,1-4H2,(H3,14,15)(H,19,20). The van der Waals surface area contributed by atoms with E-state index in [4.69, 9.17) is 11.1 Å². The number of carboxylic acid groups (broad SMARTS) is 1. The van der Waals surface area contributed by atoms with Gasteiger partial charge in [0.1, 0.15) is 11.7 Å². The zero-order chi connectivity index (χ0) is 18.3. The van der Waals surface area contributed by atoms with Crippen LogP contribution in [0.2, 0.25) is 0 Å². The van der Waals surface area contributed by atoms with Gasteiger partial charge in [-0.15, -0.1) is 0 Å². The number of nitrogens with two attached hydrogens (primary N) is 1. The number of hydrogen-bond donors (Lipinski definition) is 4. The molecular formula is C13H17N5O6. The van der Waals surface area contributed by atoms with Crippen molar-refractivity contribution < 1.29 is 19.7 Å². The van der Waals surface area contributed by atoms with Crippen molar-refractivity contribution in [2.75, 3.05) is 5.32 Å². The minimum atomic E-state index is -1.20. The van der Waals surface area contributed by atoms with E-state index >= 15 is 0 Å². The van der Waals surface area contributed by atoms with E-state index in [-0.39, 0.29) is 17.9 Å². The zero-order valence-corrected chi connectivity index (χ0v) is 12.6. The van der Waals surface area contributed by atoms with E-state index in [9.17, 15) is 30.1 Å². The second-order valence-electron chi connectivity index (χ2n) is 5.02. The van der Waals surface area contributed by atoms with Crippen molar-refractivity contribution in [3.05, 3.63) is 38.4 Å². The number of amidine groups is 1. The number of aliphatic carboxylic acids is 1. The molecule has 1 unspecified atom stereocenters. The van der Waals surface area contributed by atoms with E-state index in [0.717, 1.165) is 18.2 Å². The number of rotatable bonds is 10. The second kappa shape index (κ2) is 8.41. The van der Waals surface area contributed by atoms with Crippen LogP contribution in [0.15, 0.2) is 18.2 Å². The summed E-state index contributed by atoms with van der Waals surface area (Å²) < 4.78 is 0. The van der Waals surface area contributed by atoms with Crippen LogP contribution in [-0.4, -0.2) is 32.8 Å². The molecule has 0 heterocycles. The van der Waals surface area contributed by atoms with E-state index in [1.807, 2.05) is 0 Å². The van der Waals surface area contributed by atoms with Crippen molar-refractivity contribution in [1.82, 2.24) is 0 Å². The number of nitrogens with zero attached hydrogens (tertiary/aromatic N) is 2. The molecule has 1 aromatic rings. The number of carboxylic acids is 1. The van der Waals surface area contributed by atoms with Gasteiger partial charge in [0.05, 0.1) is 21.7 Å². The van der Waals surface area contributed by atoms with Crippen molar-refractivity contribution >= 4 is 28.9 Å². The van der Waals surface area contributed by atoms with E-state index in [1.165, 1.54) is 0 Å². The van der Waals surface area contributed by atoms with E-state index in [0.29, 0.717) is 19.3 Å². The number of anilines is 1. The average molecular weight is 339 g/mol. The maximum atomic E-state index is 11.3. The fourth-order valence-corrected chi connectivity index (χ4v) is 2.02. The molecule has 0 aliphatic rings. The molecule has 0 aliphatic carbocycles. The lowest BCUT2D eigenvalue weighted by molar-refractivity contribution is -0.393. The predicted molar refractivity (Wildman–Crippen MR) is 85.2 cm³/mol. The molecule has 0 fully saturated rings. The Labute approximate surface area is 136 Å². The molecule has 1 rings (SSSR count). The van der Waals surface area contributed by atoms with Crippen LogP contribution in [0.25, 0.3) is 0 Å². The summed E-state index contributed by atoms with van der Waals surface area (Å²) in [6.45, 7) is 0. The fourth-order valence-electron chi connectivity index (χ4n) is 2.02. The summed E-state index contributed by atoms with van der Waals surface area (Å²) in [5.41, 5.74) is 4.07. The van der Waals surface area contributed by atoms with Crippen LogP contribution >= 0.6 is 0 Å². The van der Waals surface area contributed by atoms with Gasteiger partial charge < -0.3 is 16.2 Å². The first-order valence-corrected chi connectivity index (χ1v) is 6.97. The van der Waals surface area contributed by atoms with Crippen LogP contribution in [0.4, 0.5) is 17.1 Å². The lowest BCUT2D eigenvalue weighted by Gasteiger charge is -2.15. The first kappa shape index (κ1) is 18.8. The van der Waals surface area contributed by atoms with Crippen molar-refractivity contribution in [2.24, 2.45) is 5.73 Å². The van der Waals surface area contributed by atoms with E-state index in [1.54, 1.807) is 0 Å². The Hall–Kier alpha value is -3.24. The van der Waals surface area contributed by atoms with Gasteiger partial charge in [0.2, 0.25) is 0 Å². The Morgan fingerprint density at radius 1 is 1.29 bits per heavy atom. The lowest BCUT2D eigenvalue weighted by Crippen LogP contribution is -2.29. The number of unbranched alkanes of at least 4 members (excludes halogenated alkanes) is 1. The third-order valence-corrected chi connectivity index (χ3v) is 3.21. The van der Waals surface area contributed by atoms with Gasteiger partial charge in [0, 0.05) is 12.5 Å². The molecule has 11 heteroatoms. The smallest absolute Gasteiger partial charge is 0.326 e. The summed E-state index contributed by atoms with van der Waals surface area (Å²) in [6, 6.07) is 1.85. The summed E-state index contributed by atoms with van der Waals surface area (Å²) in [4.78, 5) is 31.4. The number of nitro benzene ring substituents is 2. The number of non-ortho nitro benzene ring substituents is 1. The molecule has 0 spiro atoms. The fraction of sp³-hybridized carbons (Fsp3) is 0.385. The van der Waals surface area contributed by atoms with E-state index in [2.05, 4.69) is 5.32 Å². The molecule has 24 heavy (non-hydrogen) atoms. The topological polar surface area (TPSA) is 185 Å². The monoisotopic (exact) mass is 339 g/mol. The number of carbonyl (C=O) groups is 1. The Kier molecular flexibility index (Phi) is 6.59. The van der Waals surface area contributed by atoms with Gasteiger partial charge in [-0.2, -0.15) is 0 Å². The molecule has 1 atom stereocenters. The molecule has 0 saturated heterocycles. The highest BCUT2D eigenvalue weighted by molar-refractivity contribution is 5.79. The van der Waals surface area contributed by atoms with Crippen LogP contribution in [0.1, 0.15) is 25.7 Å². The maximum Gasteiger partial charge on any atom is 0.326 e. The van der Waals surface area contributed by atoms with Crippen LogP contribution in [0.5, 0.6) is 0 Å². The van der Waals surface area contributed by atoms with Crippen LogP contribution < -0.4 is 11.1 Å². The first-order chi connectivity index (χ1) is 11.2. The molecule has 0 aliphatic heterocycles. The summed E-state index contributed by atoms with van der Waals surface area (Å²) >= 11 is 0. The normalized spacial score (nSPS) is 11.5. The number of nitrogens with one attached hydrogen (secondary N) is 2. The van der Waals surface area contributed by atoms with Crippen molar-refractivity contribution in [1.29, 1.82) is 5.41 Å². The first-order valence-electron chi connectivity index (χ1n) is 6.97. The zero-order valence-electron chi connectivity index (χ0n) is 12.6. The summed E-state index contributed by atoms with van der Waals surface area (Å²) in [5.74, 6) is -1.20. The highest BCUT2D eigenvalue weighted by atomic mass is 16.6. The van der Waals surface area contributed by atoms with Gasteiger partial charge in [-0.3, -0.25) is 25.6 Å². The lowest BCUT2D eigenvalue weighted by atomic mass is 10.1. The van der Waals surface area contributed by atoms with Gasteiger partial charge in [0.15, 0.2) is 0 Å². The highest BCUT2D eigenvalue weighted by Crippen LogP contribution is 2.30. The van der Waals surface area contributed by atoms with Crippen molar-refractivity contribution in [2.45, 2.75) is 31.7 Å². The Morgan fingerprint density at radius 3 is 2.46 bits per heavy atom. The van der Waals surface area contributed by atoms with Gasteiger partial charge in [-0.05, 0) is 18.9 Å². The molecule has 0 amide bonds.